The van der Waals surface area contributed by atoms with Gasteiger partial charge in [-0.05, 0) is 68.1 Å². The van der Waals surface area contributed by atoms with Crippen LogP contribution in [0.25, 0.3) is 99.9 Å². The molecule has 2 heterocycles. The summed E-state index contributed by atoms with van der Waals surface area (Å²) in [5.41, 5.74) is 8.96. The molecular weight excluding hydrogens is 623 g/mol. The van der Waals surface area contributed by atoms with Crippen molar-refractivity contribution in [3.8, 4) is 56.4 Å². The summed E-state index contributed by atoms with van der Waals surface area (Å²) in [5.74, 6) is 1.88. The van der Waals surface area contributed by atoms with Gasteiger partial charge in [-0.3, -0.25) is 0 Å². The average Bonchev–Trinajstić information content (AvgIpc) is 3.59. The molecule has 0 unspecified atom stereocenters. The molecule has 10 aromatic rings. The van der Waals surface area contributed by atoms with Crippen molar-refractivity contribution in [2.45, 2.75) is 0 Å². The monoisotopic (exact) mass is 651 g/mol. The zero-order valence-corrected chi connectivity index (χ0v) is 27.5. The van der Waals surface area contributed by atoms with Crippen LogP contribution in [0.15, 0.2) is 180 Å². The van der Waals surface area contributed by atoms with Gasteiger partial charge < -0.3 is 4.42 Å². The van der Waals surface area contributed by atoms with E-state index in [1.165, 1.54) is 27.1 Å². The second kappa shape index (κ2) is 11.9. The van der Waals surface area contributed by atoms with E-state index in [1.807, 2.05) is 36.4 Å². The second-order valence-corrected chi connectivity index (χ2v) is 12.8. The van der Waals surface area contributed by atoms with Crippen molar-refractivity contribution >= 4 is 43.5 Å². The minimum atomic E-state index is 0.621. The van der Waals surface area contributed by atoms with Gasteiger partial charge in [0.15, 0.2) is 17.5 Å². The molecule has 51 heavy (non-hydrogen) atoms. The van der Waals surface area contributed by atoms with E-state index in [-0.39, 0.29) is 0 Å². The minimum Gasteiger partial charge on any atom is -0.456 e. The lowest BCUT2D eigenvalue weighted by atomic mass is 9.96. The third kappa shape index (κ3) is 5.13. The summed E-state index contributed by atoms with van der Waals surface area (Å²) in [4.78, 5) is 15.2. The number of hydrogen-bond donors (Lipinski definition) is 0. The molecule has 0 aliphatic rings. The fourth-order valence-electron chi connectivity index (χ4n) is 7.17. The molecule has 8 aromatic carbocycles. The van der Waals surface area contributed by atoms with Crippen LogP contribution in [0.1, 0.15) is 0 Å². The van der Waals surface area contributed by atoms with Crippen molar-refractivity contribution in [2.75, 3.05) is 0 Å². The number of furan rings is 1. The van der Waals surface area contributed by atoms with E-state index in [0.717, 1.165) is 55.3 Å². The molecule has 0 aliphatic heterocycles. The Bertz CT molecular complexity index is 2910. The molecule has 0 atom stereocenters. The van der Waals surface area contributed by atoms with E-state index in [0.29, 0.717) is 17.5 Å². The number of nitrogens with zero attached hydrogens (tertiary/aromatic N) is 3. The minimum absolute atomic E-state index is 0.621. The molecule has 0 aliphatic carbocycles. The molecule has 0 spiro atoms. The van der Waals surface area contributed by atoms with Crippen molar-refractivity contribution < 1.29 is 4.42 Å². The van der Waals surface area contributed by atoms with Gasteiger partial charge >= 0.3 is 0 Å². The maximum atomic E-state index is 6.32. The lowest BCUT2D eigenvalue weighted by molar-refractivity contribution is 0.669. The van der Waals surface area contributed by atoms with Crippen LogP contribution in [0.2, 0.25) is 0 Å². The number of rotatable bonds is 5. The number of aromatic nitrogens is 3. The van der Waals surface area contributed by atoms with E-state index in [1.54, 1.807) is 0 Å². The van der Waals surface area contributed by atoms with Gasteiger partial charge in [-0.15, -0.1) is 0 Å². The Morgan fingerprint density at radius 2 is 0.882 bits per heavy atom. The topological polar surface area (TPSA) is 51.8 Å². The van der Waals surface area contributed by atoms with E-state index >= 15 is 0 Å². The first-order chi connectivity index (χ1) is 25.2. The van der Waals surface area contributed by atoms with Crippen LogP contribution in [0, 0.1) is 0 Å². The van der Waals surface area contributed by atoms with Gasteiger partial charge in [0.25, 0.3) is 0 Å². The Labute approximate surface area is 294 Å². The van der Waals surface area contributed by atoms with Crippen molar-refractivity contribution in [3.63, 3.8) is 0 Å². The standard InChI is InChI=1S/C47H29N3O/c1-2-12-33(13-3-1)45-48-46(34-21-18-31(19-22-34)36-23-20-30-10-4-5-14-35(30)28-36)50-47(49-45)40-17-9-8-15-38(40)37-25-26-42-41(29-37)44-39-16-7-6-11-32(39)24-27-43(44)51-42/h1-29H. The summed E-state index contributed by atoms with van der Waals surface area (Å²) in [6, 6.07) is 61.1. The van der Waals surface area contributed by atoms with Crippen molar-refractivity contribution in [1.29, 1.82) is 0 Å². The van der Waals surface area contributed by atoms with Gasteiger partial charge in [0.2, 0.25) is 0 Å². The highest BCUT2D eigenvalue weighted by molar-refractivity contribution is 6.19. The van der Waals surface area contributed by atoms with Crippen LogP contribution in [0.3, 0.4) is 0 Å². The normalized spacial score (nSPS) is 11.5. The predicted octanol–water partition coefficient (Wildman–Crippen LogP) is 12.4. The predicted molar refractivity (Wildman–Crippen MR) is 209 cm³/mol. The molecule has 0 bridgehead atoms. The van der Waals surface area contributed by atoms with Crippen LogP contribution >= 0.6 is 0 Å². The van der Waals surface area contributed by atoms with Crippen molar-refractivity contribution in [3.05, 3.63) is 176 Å². The van der Waals surface area contributed by atoms with Crippen molar-refractivity contribution in [2.24, 2.45) is 0 Å². The van der Waals surface area contributed by atoms with Gasteiger partial charge in [-0.2, -0.15) is 0 Å². The Morgan fingerprint density at radius 3 is 1.71 bits per heavy atom. The van der Waals surface area contributed by atoms with Crippen LogP contribution in [0.4, 0.5) is 0 Å². The fourth-order valence-corrected chi connectivity index (χ4v) is 7.17. The molecule has 0 saturated heterocycles. The highest BCUT2D eigenvalue weighted by Gasteiger charge is 2.17. The van der Waals surface area contributed by atoms with Gasteiger partial charge in [0.05, 0.1) is 0 Å². The summed E-state index contributed by atoms with van der Waals surface area (Å²) in [5, 5.41) is 7.04. The van der Waals surface area contributed by atoms with Crippen LogP contribution in [-0.2, 0) is 0 Å². The third-order valence-corrected chi connectivity index (χ3v) is 9.73. The zero-order valence-electron chi connectivity index (χ0n) is 27.5. The van der Waals surface area contributed by atoms with E-state index in [9.17, 15) is 0 Å². The Kier molecular flexibility index (Phi) is 6.78. The Morgan fingerprint density at radius 1 is 0.314 bits per heavy atom. The summed E-state index contributed by atoms with van der Waals surface area (Å²) in [7, 11) is 0. The van der Waals surface area contributed by atoms with Gasteiger partial charge in [-0.1, -0.05) is 152 Å². The Hall–Kier alpha value is -6.91. The molecule has 0 amide bonds. The summed E-state index contributed by atoms with van der Waals surface area (Å²) >= 11 is 0. The van der Waals surface area contributed by atoms with Gasteiger partial charge in [-0.25, -0.2) is 15.0 Å². The molecule has 0 radical (unpaired) electrons. The highest BCUT2D eigenvalue weighted by Crippen LogP contribution is 2.39. The van der Waals surface area contributed by atoms with Crippen LogP contribution in [-0.4, -0.2) is 15.0 Å². The molecule has 238 valence electrons. The first-order valence-corrected chi connectivity index (χ1v) is 17.1. The lowest BCUT2D eigenvalue weighted by Gasteiger charge is -2.12. The van der Waals surface area contributed by atoms with Gasteiger partial charge in [0, 0.05) is 27.5 Å². The van der Waals surface area contributed by atoms with E-state index < -0.39 is 0 Å². The quantitative estimate of drug-likeness (QED) is 0.186. The molecule has 0 saturated carbocycles. The SMILES string of the molecule is c1ccc(-c2nc(-c3ccc(-c4ccc5ccccc5c4)cc3)nc(-c3ccccc3-c3ccc4oc5ccc6ccccc6c5c4c3)n2)cc1. The molecule has 0 fully saturated rings. The first kappa shape index (κ1) is 29.0. The Balaban J connectivity index is 1.11. The molecule has 4 heteroatoms. The molecule has 2 aromatic heterocycles. The van der Waals surface area contributed by atoms with Gasteiger partial charge in [0.1, 0.15) is 11.2 Å². The first-order valence-electron chi connectivity index (χ1n) is 17.1. The number of benzene rings is 8. The second-order valence-electron chi connectivity index (χ2n) is 12.8. The zero-order chi connectivity index (χ0) is 33.7. The maximum absolute atomic E-state index is 6.32. The van der Waals surface area contributed by atoms with E-state index in [2.05, 4.69) is 140 Å². The van der Waals surface area contributed by atoms with Crippen LogP contribution < -0.4 is 0 Å². The number of fused-ring (bicyclic) bond motifs is 6. The molecule has 10 rings (SSSR count). The largest absolute Gasteiger partial charge is 0.456 e. The third-order valence-electron chi connectivity index (χ3n) is 9.73. The smallest absolute Gasteiger partial charge is 0.164 e. The van der Waals surface area contributed by atoms with Crippen molar-refractivity contribution in [1.82, 2.24) is 15.0 Å². The summed E-state index contributed by atoms with van der Waals surface area (Å²) < 4.78 is 6.32. The van der Waals surface area contributed by atoms with E-state index in [4.69, 9.17) is 19.4 Å². The lowest BCUT2D eigenvalue weighted by Crippen LogP contribution is -2.01. The van der Waals surface area contributed by atoms with Crippen LogP contribution in [0.5, 0.6) is 0 Å². The summed E-state index contributed by atoms with van der Waals surface area (Å²) in [6.45, 7) is 0. The molecular formula is C47H29N3O. The highest BCUT2D eigenvalue weighted by atomic mass is 16.3. The number of hydrogen-bond acceptors (Lipinski definition) is 4. The maximum Gasteiger partial charge on any atom is 0.164 e. The molecule has 4 nitrogen and oxygen atoms in total. The fraction of sp³-hybridized carbons (Fsp3) is 0. The average molecular weight is 652 g/mol. The summed E-state index contributed by atoms with van der Waals surface area (Å²) in [6.07, 6.45) is 0. The molecule has 0 N–H and O–H groups in total.